The van der Waals surface area contributed by atoms with Crippen molar-refractivity contribution in [2.24, 2.45) is 5.14 Å². The number of nitrogens with zero attached hydrogens (tertiary/aromatic N) is 1. The van der Waals surface area contributed by atoms with Gasteiger partial charge in [0.05, 0.1) is 9.82 Å². The van der Waals surface area contributed by atoms with E-state index in [2.05, 4.69) is 5.32 Å². The summed E-state index contributed by atoms with van der Waals surface area (Å²) in [7, 11) is -3.99. The van der Waals surface area contributed by atoms with E-state index in [-0.39, 0.29) is 15.3 Å². The van der Waals surface area contributed by atoms with E-state index in [0.717, 1.165) is 6.07 Å². The van der Waals surface area contributed by atoms with E-state index < -0.39 is 14.9 Å². The molecule has 0 atom stereocenters. The van der Waals surface area contributed by atoms with Crippen LogP contribution in [0.2, 0.25) is 0 Å². The highest BCUT2D eigenvalue weighted by molar-refractivity contribution is 7.99. The Balaban J connectivity index is 3.14. The lowest BCUT2D eigenvalue weighted by Gasteiger charge is -2.23. The van der Waals surface area contributed by atoms with Crippen LogP contribution in [-0.4, -0.2) is 30.9 Å². The topological polar surface area (TPSA) is 115 Å². The number of rotatable bonds is 6. The second-order valence-corrected chi connectivity index (χ2v) is 7.91. The van der Waals surface area contributed by atoms with Gasteiger partial charge < -0.3 is 5.32 Å². The van der Waals surface area contributed by atoms with Crippen molar-refractivity contribution >= 4 is 33.2 Å². The molecule has 1 aromatic carbocycles. The van der Waals surface area contributed by atoms with Crippen LogP contribution in [0.4, 0.5) is 11.4 Å². The fourth-order valence-corrected chi connectivity index (χ4v) is 2.13. The van der Waals surface area contributed by atoms with Crippen LogP contribution in [0.15, 0.2) is 23.1 Å². The average Bonchev–Trinajstić information content (AvgIpc) is 2.35. The number of thioether (sulfide) groups is 1. The highest BCUT2D eigenvalue weighted by Crippen LogP contribution is 2.26. The van der Waals surface area contributed by atoms with Gasteiger partial charge in [-0.2, -0.15) is 11.8 Å². The standard InChI is InChI=1S/C11H17N3O4S2/c1-11(2,19-3)7-13-8-4-9(14(15)16)6-10(5-8)20(12,17)18/h4-6,13H,7H2,1-3H3,(H2,12,17,18). The third kappa shape index (κ3) is 4.66. The number of benzene rings is 1. The van der Waals surface area contributed by atoms with E-state index in [1.54, 1.807) is 11.8 Å². The third-order valence-electron chi connectivity index (χ3n) is 2.70. The molecule has 3 N–H and O–H groups in total. The molecule has 0 aliphatic rings. The fraction of sp³-hybridized carbons (Fsp3) is 0.455. The van der Waals surface area contributed by atoms with E-state index >= 15 is 0 Å². The molecule has 0 saturated heterocycles. The van der Waals surface area contributed by atoms with Crippen LogP contribution in [0.5, 0.6) is 0 Å². The first-order valence-corrected chi connectivity index (χ1v) is 8.43. The molecule has 0 radical (unpaired) electrons. The monoisotopic (exact) mass is 319 g/mol. The molecule has 0 aliphatic heterocycles. The van der Waals surface area contributed by atoms with Gasteiger partial charge in [-0.3, -0.25) is 10.1 Å². The minimum atomic E-state index is -3.99. The van der Waals surface area contributed by atoms with Crippen LogP contribution in [0.3, 0.4) is 0 Å². The number of nitrogens with two attached hydrogens (primary N) is 1. The molecule has 1 aromatic rings. The minimum absolute atomic E-state index is 0.0909. The smallest absolute Gasteiger partial charge is 0.272 e. The number of sulfonamides is 1. The van der Waals surface area contributed by atoms with Gasteiger partial charge in [-0.15, -0.1) is 0 Å². The lowest BCUT2D eigenvalue weighted by atomic mass is 10.2. The highest BCUT2D eigenvalue weighted by atomic mass is 32.2. The van der Waals surface area contributed by atoms with Crippen LogP contribution >= 0.6 is 11.8 Å². The van der Waals surface area contributed by atoms with Crippen molar-refractivity contribution in [3.05, 3.63) is 28.3 Å². The zero-order chi connectivity index (χ0) is 15.6. The number of primary sulfonamides is 1. The Hall–Kier alpha value is -1.32. The zero-order valence-electron chi connectivity index (χ0n) is 11.4. The van der Waals surface area contributed by atoms with Crippen molar-refractivity contribution in [1.82, 2.24) is 0 Å². The second kappa shape index (κ2) is 5.98. The molecule has 0 aliphatic carbocycles. The number of non-ortho nitro benzene ring substituents is 1. The Morgan fingerprint density at radius 3 is 2.45 bits per heavy atom. The lowest BCUT2D eigenvalue weighted by molar-refractivity contribution is -0.385. The van der Waals surface area contributed by atoms with Gasteiger partial charge in [0.1, 0.15) is 0 Å². The van der Waals surface area contributed by atoms with Crippen molar-refractivity contribution in [2.45, 2.75) is 23.5 Å². The number of nitro groups is 1. The fourth-order valence-electron chi connectivity index (χ4n) is 1.34. The first-order valence-electron chi connectivity index (χ1n) is 5.66. The predicted molar refractivity (Wildman–Crippen MR) is 80.6 cm³/mol. The molecule has 9 heteroatoms. The Bertz CT molecular complexity index is 614. The molecule has 0 fully saturated rings. The Morgan fingerprint density at radius 1 is 1.40 bits per heavy atom. The molecule has 112 valence electrons. The summed E-state index contributed by atoms with van der Waals surface area (Å²) in [6.45, 7) is 4.53. The van der Waals surface area contributed by atoms with Gasteiger partial charge in [-0.1, -0.05) is 0 Å². The van der Waals surface area contributed by atoms with E-state index in [1.165, 1.54) is 12.1 Å². The van der Waals surface area contributed by atoms with E-state index in [4.69, 9.17) is 5.14 Å². The average molecular weight is 319 g/mol. The van der Waals surface area contributed by atoms with Gasteiger partial charge in [0.25, 0.3) is 5.69 Å². The minimum Gasteiger partial charge on any atom is -0.383 e. The van der Waals surface area contributed by atoms with Crippen molar-refractivity contribution in [3.8, 4) is 0 Å². The molecule has 0 unspecified atom stereocenters. The second-order valence-electron chi connectivity index (χ2n) is 4.84. The summed E-state index contributed by atoms with van der Waals surface area (Å²) in [4.78, 5) is 9.89. The number of hydrogen-bond donors (Lipinski definition) is 2. The van der Waals surface area contributed by atoms with Gasteiger partial charge in [0.15, 0.2) is 0 Å². The lowest BCUT2D eigenvalue weighted by Crippen LogP contribution is -2.26. The Labute approximate surface area is 122 Å². The molecule has 0 heterocycles. The summed E-state index contributed by atoms with van der Waals surface area (Å²) in [5, 5.41) is 18.8. The first-order chi connectivity index (χ1) is 9.05. The van der Waals surface area contributed by atoms with E-state index in [9.17, 15) is 18.5 Å². The SMILES string of the molecule is CSC(C)(C)CNc1cc([N+](=O)[O-])cc(S(N)(=O)=O)c1. The van der Waals surface area contributed by atoms with E-state index in [0.29, 0.717) is 12.2 Å². The predicted octanol–water partition coefficient (Wildman–Crippen LogP) is 1.80. The largest absolute Gasteiger partial charge is 0.383 e. The summed E-state index contributed by atoms with van der Waals surface area (Å²) in [6.07, 6.45) is 1.95. The van der Waals surface area contributed by atoms with Crippen molar-refractivity contribution in [3.63, 3.8) is 0 Å². The molecule has 20 heavy (non-hydrogen) atoms. The number of nitro benzene ring substituents is 1. The number of anilines is 1. The first kappa shape index (κ1) is 16.7. The molecule has 0 bridgehead atoms. The molecule has 0 saturated carbocycles. The summed E-state index contributed by atoms with van der Waals surface area (Å²) >= 11 is 1.63. The van der Waals surface area contributed by atoms with Crippen molar-refractivity contribution in [1.29, 1.82) is 0 Å². The molecule has 7 nitrogen and oxygen atoms in total. The van der Waals surface area contributed by atoms with Gasteiger partial charge in [0.2, 0.25) is 10.0 Å². The molecular weight excluding hydrogens is 302 g/mol. The number of hydrogen-bond acceptors (Lipinski definition) is 6. The molecule has 0 amide bonds. The maximum atomic E-state index is 11.3. The number of nitrogens with one attached hydrogen (secondary N) is 1. The van der Waals surface area contributed by atoms with Crippen molar-refractivity contribution < 1.29 is 13.3 Å². The van der Waals surface area contributed by atoms with Crippen LogP contribution in [0.1, 0.15) is 13.8 Å². The van der Waals surface area contributed by atoms with Gasteiger partial charge >= 0.3 is 0 Å². The molecule has 0 aromatic heterocycles. The van der Waals surface area contributed by atoms with Gasteiger partial charge in [-0.25, -0.2) is 13.6 Å². The molecular formula is C11H17N3O4S2. The van der Waals surface area contributed by atoms with Gasteiger partial charge in [0, 0.05) is 29.1 Å². The zero-order valence-corrected chi connectivity index (χ0v) is 13.0. The maximum absolute atomic E-state index is 11.3. The summed E-state index contributed by atoms with van der Waals surface area (Å²) in [5.74, 6) is 0. The quantitative estimate of drug-likeness (QED) is 0.610. The summed E-state index contributed by atoms with van der Waals surface area (Å²) in [6, 6.07) is 3.52. The van der Waals surface area contributed by atoms with Crippen LogP contribution in [0, 0.1) is 10.1 Å². The molecule has 1 rings (SSSR count). The highest BCUT2D eigenvalue weighted by Gasteiger charge is 2.19. The van der Waals surface area contributed by atoms with E-state index in [1.807, 2.05) is 20.1 Å². The maximum Gasteiger partial charge on any atom is 0.272 e. The Kier molecular flexibility index (Phi) is 5.00. The van der Waals surface area contributed by atoms with Crippen LogP contribution < -0.4 is 10.5 Å². The van der Waals surface area contributed by atoms with Crippen LogP contribution in [0.25, 0.3) is 0 Å². The normalized spacial score (nSPS) is 12.2. The summed E-state index contributed by atoms with van der Waals surface area (Å²) < 4.78 is 22.6. The van der Waals surface area contributed by atoms with Crippen molar-refractivity contribution in [2.75, 3.05) is 18.1 Å². The van der Waals surface area contributed by atoms with Gasteiger partial charge in [-0.05, 0) is 26.2 Å². The third-order valence-corrected chi connectivity index (χ3v) is 4.84. The Morgan fingerprint density at radius 2 is 2.00 bits per heavy atom. The summed E-state index contributed by atoms with van der Waals surface area (Å²) in [5.41, 5.74) is 0.0336. The molecule has 0 spiro atoms. The van der Waals surface area contributed by atoms with Crippen LogP contribution in [-0.2, 0) is 10.0 Å².